The lowest BCUT2D eigenvalue weighted by atomic mass is 10.2. The van der Waals surface area contributed by atoms with Crippen molar-refractivity contribution in [1.82, 2.24) is 9.80 Å². The first-order valence-corrected chi connectivity index (χ1v) is 8.14. The molecule has 0 fully saturated rings. The molecule has 24 heavy (non-hydrogen) atoms. The number of benzene rings is 1. The van der Waals surface area contributed by atoms with Crippen LogP contribution in [0.1, 0.15) is 15.2 Å². The molecule has 1 aromatic carbocycles. The third-order valence-electron chi connectivity index (χ3n) is 3.37. The van der Waals surface area contributed by atoms with Crippen LogP contribution in [0.15, 0.2) is 41.8 Å². The molecule has 0 aliphatic carbocycles. The molecular formula is C18H17FN2O2S. The summed E-state index contributed by atoms with van der Waals surface area (Å²) < 4.78 is 13.0. The second-order valence-electron chi connectivity index (χ2n) is 5.22. The quantitative estimate of drug-likeness (QED) is 0.756. The van der Waals surface area contributed by atoms with Crippen LogP contribution in [0.5, 0.6) is 0 Å². The second-order valence-corrected chi connectivity index (χ2v) is 6.17. The van der Waals surface area contributed by atoms with Gasteiger partial charge in [0.2, 0.25) is 5.91 Å². The average Bonchev–Trinajstić information content (AvgIpc) is 3.10. The van der Waals surface area contributed by atoms with Crippen LogP contribution < -0.4 is 0 Å². The predicted molar refractivity (Wildman–Crippen MR) is 91.9 cm³/mol. The second kappa shape index (κ2) is 8.27. The van der Waals surface area contributed by atoms with E-state index in [4.69, 9.17) is 6.42 Å². The zero-order chi connectivity index (χ0) is 17.5. The van der Waals surface area contributed by atoms with E-state index in [0.717, 1.165) is 5.56 Å². The minimum Gasteiger partial charge on any atom is -0.332 e. The smallest absolute Gasteiger partial charge is 0.264 e. The van der Waals surface area contributed by atoms with Gasteiger partial charge in [-0.3, -0.25) is 9.59 Å². The SMILES string of the molecule is C#CCN(Cc1ccc(F)cc1)C(=O)CN(C)C(=O)c1cccs1. The summed E-state index contributed by atoms with van der Waals surface area (Å²) in [6, 6.07) is 9.37. The zero-order valence-corrected chi connectivity index (χ0v) is 14.1. The number of halogens is 1. The number of thiophene rings is 1. The fraction of sp³-hybridized carbons (Fsp3) is 0.222. The van der Waals surface area contributed by atoms with Gasteiger partial charge in [0, 0.05) is 13.6 Å². The first-order valence-electron chi connectivity index (χ1n) is 7.26. The van der Waals surface area contributed by atoms with E-state index in [9.17, 15) is 14.0 Å². The van der Waals surface area contributed by atoms with Crippen LogP contribution in [0.25, 0.3) is 0 Å². The first kappa shape index (κ1) is 17.7. The summed E-state index contributed by atoms with van der Waals surface area (Å²) in [6.45, 7) is 0.321. The molecule has 2 aromatic rings. The number of hydrogen-bond acceptors (Lipinski definition) is 3. The van der Waals surface area contributed by atoms with E-state index < -0.39 is 0 Å². The fourth-order valence-corrected chi connectivity index (χ4v) is 2.83. The molecule has 0 spiro atoms. The Morgan fingerprint density at radius 1 is 1.25 bits per heavy atom. The molecule has 0 aliphatic heterocycles. The molecule has 0 aliphatic rings. The minimum absolute atomic E-state index is 0.0698. The lowest BCUT2D eigenvalue weighted by Crippen LogP contribution is -2.40. The van der Waals surface area contributed by atoms with Gasteiger partial charge in [-0.2, -0.15) is 0 Å². The van der Waals surface area contributed by atoms with Gasteiger partial charge < -0.3 is 9.80 Å². The van der Waals surface area contributed by atoms with Crippen molar-refractivity contribution in [2.45, 2.75) is 6.54 Å². The van der Waals surface area contributed by atoms with Crippen molar-refractivity contribution in [2.75, 3.05) is 20.1 Å². The van der Waals surface area contributed by atoms with Crippen molar-refractivity contribution in [3.8, 4) is 12.3 Å². The summed E-state index contributed by atoms with van der Waals surface area (Å²) in [6.07, 6.45) is 5.33. The van der Waals surface area contributed by atoms with Crippen LogP contribution >= 0.6 is 11.3 Å². The summed E-state index contributed by atoms with van der Waals surface area (Å²) in [4.78, 5) is 28.1. The molecule has 4 nitrogen and oxygen atoms in total. The Bertz CT molecular complexity index is 735. The van der Waals surface area contributed by atoms with Gasteiger partial charge in [0.05, 0.1) is 18.0 Å². The summed E-state index contributed by atoms with van der Waals surface area (Å²) in [5.41, 5.74) is 0.771. The highest BCUT2D eigenvalue weighted by molar-refractivity contribution is 7.12. The van der Waals surface area contributed by atoms with Gasteiger partial charge in [0.15, 0.2) is 0 Å². The third-order valence-corrected chi connectivity index (χ3v) is 4.23. The standard InChI is InChI=1S/C18H17FN2O2S/c1-3-10-21(12-14-6-8-15(19)9-7-14)17(22)13-20(2)18(23)16-5-4-11-24-16/h1,4-9,11H,10,12-13H2,2H3. The fourth-order valence-electron chi connectivity index (χ4n) is 2.12. The van der Waals surface area contributed by atoms with Crippen LogP contribution in [0.4, 0.5) is 4.39 Å². The van der Waals surface area contributed by atoms with Gasteiger partial charge in [0.1, 0.15) is 5.82 Å². The Kier molecular flexibility index (Phi) is 6.10. The van der Waals surface area contributed by atoms with E-state index in [0.29, 0.717) is 4.88 Å². The molecule has 0 bridgehead atoms. The maximum absolute atomic E-state index is 13.0. The van der Waals surface area contributed by atoms with Crippen molar-refractivity contribution in [3.05, 3.63) is 58.0 Å². The van der Waals surface area contributed by atoms with Crippen LogP contribution in [-0.4, -0.2) is 41.8 Å². The summed E-state index contributed by atoms with van der Waals surface area (Å²) in [7, 11) is 1.58. The van der Waals surface area contributed by atoms with Gasteiger partial charge in [-0.25, -0.2) is 4.39 Å². The molecule has 124 valence electrons. The van der Waals surface area contributed by atoms with E-state index in [2.05, 4.69) is 5.92 Å². The van der Waals surface area contributed by atoms with Crippen molar-refractivity contribution >= 4 is 23.2 Å². The molecule has 1 aromatic heterocycles. The first-order chi connectivity index (χ1) is 11.5. The van der Waals surface area contributed by atoms with Gasteiger partial charge in [-0.15, -0.1) is 17.8 Å². The number of terminal acetylenes is 1. The number of carbonyl (C=O) groups is 2. The van der Waals surface area contributed by atoms with Gasteiger partial charge in [-0.05, 0) is 29.1 Å². The molecule has 0 atom stereocenters. The Morgan fingerprint density at radius 2 is 1.96 bits per heavy atom. The normalized spacial score (nSPS) is 10.0. The molecule has 6 heteroatoms. The van der Waals surface area contributed by atoms with Crippen molar-refractivity contribution in [2.24, 2.45) is 0 Å². The molecular weight excluding hydrogens is 327 g/mol. The molecule has 2 amide bonds. The Labute approximate surface area is 144 Å². The number of rotatable bonds is 6. The van der Waals surface area contributed by atoms with Gasteiger partial charge >= 0.3 is 0 Å². The van der Waals surface area contributed by atoms with E-state index in [1.54, 1.807) is 31.3 Å². The number of likely N-dealkylation sites (N-methyl/N-ethyl adjacent to an activating group) is 1. The Hall–Kier alpha value is -2.65. The van der Waals surface area contributed by atoms with E-state index in [1.807, 2.05) is 5.38 Å². The minimum atomic E-state index is -0.338. The summed E-state index contributed by atoms with van der Waals surface area (Å²) >= 11 is 1.33. The molecule has 1 heterocycles. The number of hydrogen-bond donors (Lipinski definition) is 0. The molecule has 2 rings (SSSR count). The third kappa shape index (κ3) is 4.67. The molecule has 0 radical (unpaired) electrons. The topological polar surface area (TPSA) is 40.6 Å². The molecule has 0 saturated carbocycles. The Balaban J connectivity index is 2.01. The van der Waals surface area contributed by atoms with Gasteiger partial charge in [0.25, 0.3) is 5.91 Å². The van der Waals surface area contributed by atoms with Crippen LogP contribution in [0, 0.1) is 18.2 Å². The number of carbonyl (C=O) groups excluding carboxylic acids is 2. The largest absolute Gasteiger partial charge is 0.332 e. The summed E-state index contributed by atoms with van der Waals surface area (Å²) in [5, 5.41) is 1.81. The highest BCUT2D eigenvalue weighted by Crippen LogP contribution is 2.12. The highest BCUT2D eigenvalue weighted by Gasteiger charge is 2.19. The van der Waals surface area contributed by atoms with Gasteiger partial charge in [-0.1, -0.05) is 24.1 Å². The van der Waals surface area contributed by atoms with Crippen LogP contribution in [-0.2, 0) is 11.3 Å². The zero-order valence-electron chi connectivity index (χ0n) is 13.2. The van der Waals surface area contributed by atoms with E-state index in [1.165, 1.54) is 33.3 Å². The molecule has 0 saturated heterocycles. The highest BCUT2D eigenvalue weighted by atomic mass is 32.1. The molecule has 0 N–H and O–H groups in total. The lowest BCUT2D eigenvalue weighted by molar-refractivity contribution is -0.131. The van der Waals surface area contributed by atoms with E-state index in [-0.39, 0.29) is 37.3 Å². The Morgan fingerprint density at radius 3 is 2.54 bits per heavy atom. The summed E-state index contributed by atoms with van der Waals surface area (Å²) in [5.74, 6) is 1.63. The van der Waals surface area contributed by atoms with Crippen molar-refractivity contribution < 1.29 is 14.0 Å². The average molecular weight is 344 g/mol. The maximum Gasteiger partial charge on any atom is 0.264 e. The van der Waals surface area contributed by atoms with Crippen molar-refractivity contribution in [3.63, 3.8) is 0 Å². The van der Waals surface area contributed by atoms with Crippen LogP contribution in [0.2, 0.25) is 0 Å². The van der Waals surface area contributed by atoms with Crippen LogP contribution in [0.3, 0.4) is 0 Å². The maximum atomic E-state index is 13.0. The lowest BCUT2D eigenvalue weighted by Gasteiger charge is -2.24. The predicted octanol–water partition coefficient (Wildman–Crippen LogP) is 2.62. The van der Waals surface area contributed by atoms with E-state index >= 15 is 0 Å². The number of nitrogens with zero attached hydrogens (tertiary/aromatic N) is 2. The monoisotopic (exact) mass is 344 g/mol. The van der Waals surface area contributed by atoms with Crippen molar-refractivity contribution in [1.29, 1.82) is 0 Å². The molecule has 0 unspecified atom stereocenters. The number of amides is 2.